The first-order valence-electron chi connectivity index (χ1n) is 14.4. The van der Waals surface area contributed by atoms with Crippen molar-refractivity contribution in [1.29, 1.82) is 0 Å². The van der Waals surface area contributed by atoms with Crippen LogP contribution in [0.2, 0.25) is 16.6 Å². The summed E-state index contributed by atoms with van der Waals surface area (Å²) < 4.78 is 22.0. The Morgan fingerprint density at radius 2 is 1.50 bits per heavy atom. The summed E-state index contributed by atoms with van der Waals surface area (Å²) in [5, 5.41) is 0. The number of hydrogen-bond acceptors (Lipinski definition) is 8. The summed E-state index contributed by atoms with van der Waals surface area (Å²) >= 11 is 0. The Balaban J connectivity index is 3.44. The van der Waals surface area contributed by atoms with Gasteiger partial charge in [0.2, 0.25) is 0 Å². The van der Waals surface area contributed by atoms with Crippen LogP contribution < -0.4 is 0 Å². The summed E-state index contributed by atoms with van der Waals surface area (Å²) in [5.41, 5.74) is -0.703. The van der Waals surface area contributed by atoms with E-state index in [0.29, 0.717) is 28.8 Å². The molecular weight excluding hydrogens is 528 g/mol. The number of carbonyl (C=O) groups excluding carboxylic acids is 4. The van der Waals surface area contributed by atoms with Crippen LogP contribution in [-0.2, 0) is 37.8 Å². The number of ketones is 1. The number of esters is 3. The average molecular weight is 579 g/mol. The first-order valence-corrected chi connectivity index (χ1v) is 16.5. The molecule has 0 aromatic heterocycles. The minimum atomic E-state index is -2.25. The Bertz CT molecular complexity index is 923. The molecule has 9 heteroatoms. The van der Waals surface area contributed by atoms with Gasteiger partial charge in [0.05, 0.1) is 26.1 Å². The van der Waals surface area contributed by atoms with E-state index in [1.165, 1.54) is 13.2 Å². The van der Waals surface area contributed by atoms with E-state index in [-0.39, 0.29) is 44.2 Å². The minimum absolute atomic E-state index is 0.0517. The van der Waals surface area contributed by atoms with Crippen molar-refractivity contribution >= 4 is 32.0 Å². The molecule has 0 N–H and O–H groups in total. The van der Waals surface area contributed by atoms with E-state index in [1.807, 2.05) is 0 Å². The summed E-state index contributed by atoms with van der Waals surface area (Å²) in [6.07, 6.45) is 6.94. The van der Waals surface area contributed by atoms with Crippen molar-refractivity contribution in [2.24, 2.45) is 17.3 Å². The third kappa shape index (κ3) is 8.41. The Hall–Kier alpha value is -2.68. The number of carbonyl (C=O) groups is 4. The minimum Gasteiger partial charge on any atom is -0.543 e. The number of allylic oxidation sites excluding steroid dienone is 3. The molecule has 0 aromatic carbocycles. The fraction of sp³-hybridized carbons (Fsp3) is 0.677. The Kier molecular flexibility index (Phi) is 14.1. The number of ether oxygens (including phenoxy) is 3. The van der Waals surface area contributed by atoms with Crippen molar-refractivity contribution in [3.8, 4) is 0 Å². The molecule has 1 aliphatic rings. The molecule has 0 aliphatic heterocycles. The van der Waals surface area contributed by atoms with E-state index >= 15 is 0 Å². The van der Waals surface area contributed by atoms with Crippen molar-refractivity contribution in [1.82, 2.24) is 0 Å². The zero-order valence-corrected chi connectivity index (χ0v) is 26.9. The molecule has 1 aliphatic carbocycles. The van der Waals surface area contributed by atoms with Crippen LogP contribution in [0.25, 0.3) is 0 Å². The van der Waals surface area contributed by atoms with Crippen LogP contribution >= 0.6 is 0 Å². The summed E-state index contributed by atoms with van der Waals surface area (Å²) in [7, 11) is -0.975. The van der Waals surface area contributed by atoms with Crippen molar-refractivity contribution in [3.63, 3.8) is 0 Å². The highest BCUT2D eigenvalue weighted by Gasteiger charge is 2.52. The van der Waals surface area contributed by atoms with Gasteiger partial charge in [0.1, 0.15) is 5.78 Å². The Morgan fingerprint density at radius 3 is 1.95 bits per heavy atom. The molecule has 40 heavy (non-hydrogen) atoms. The van der Waals surface area contributed by atoms with E-state index < -0.39 is 37.6 Å². The highest BCUT2D eigenvalue weighted by atomic mass is 28.4. The summed E-state index contributed by atoms with van der Waals surface area (Å²) in [4.78, 5) is 51.6. The van der Waals surface area contributed by atoms with Crippen molar-refractivity contribution in [2.75, 3.05) is 20.3 Å². The third-order valence-electron chi connectivity index (χ3n) is 8.02. The molecule has 0 spiro atoms. The largest absolute Gasteiger partial charge is 0.543 e. The van der Waals surface area contributed by atoms with Crippen LogP contribution in [0.15, 0.2) is 36.6 Å². The number of rotatable bonds is 16. The van der Waals surface area contributed by atoms with Crippen LogP contribution in [0.1, 0.15) is 81.1 Å². The van der Waals surface area contributed by atoms with Crippen LogP contribution in [0, 0.1) is 17.3 Å². The topological polar surface area (TPSA) is 105 Å². The first kappa shape index (κ1) is 35.3. The van der Waals surface area contributed by atoms with E-state index in [9.17, 15) is 19.2 Å². The van der Waals surface area contributed by atoms with Gasteiger partial charge < -0.3 is 18.6 Å². The molecule has 2 atom stereocenters. The van der Waals surface area contributed by atoms with Gasteiger partial charge in [-0.3, -0.25) is 14.4 Å². The molecule has 8 nitrogen and oxygen atoms in total. The number of Topliss-reactive ketones (excluding diaryl/α,β-unsaturated/α-hetero) is 1. The predicted octanol–water partition coefficient (Wildman–Crippen LogP) is 6.47. The van der Waals surface area contributed by atoms with Gasteiger partial charge in [0.25, 0.3) is 8.32 Å². The van der Waals surface area contributed by atoms with E-state index in [0.717, 1.165) is 0 Å². The zero-order chi connectivity index (χ0) is 30.7. The lowest BCUT2D eigenvalue weighted by Crippen LogP contribution is -2.47. The molecular formula is C31H50O8Si. The standard InChI is InChI=1S/C31H50O8Si/c1-11-37-29(34)31(30(35)38-12-2,20-26-25(15-17-27(26)32)16-18-28(33)36-10)19-13-14-24(9)39-40(21(3)4,22(5)6)23(7)8/h13-14,16,18,21-23,25-26H,9,11-12,15,17,19-20H2,1-8,10H3/b14-13+,18-16+/t25-,26-/m0/s1. The summed E-state index contributed by atoms with van der Waals surface area (Å²) in [6, 6.07) is 0. The van der Waals surface area contributed by atoms with Crippen LogP contribution in [0.5, 0.6) is 0 Å². The fourth-order valence-corrected chi connectivity index (χ4v) is 11.3. The maximum atomic E-state index is 13.5. The van der Waals surface area contributed by atoms with Gasteiger partial charge in [-0.25, -0.2) is 4.79 Å². The van der Waals surface area contributed by atoms with Gasteiger partial charge in [-0.2, -0.15) is 0 Å². The molecule has 0 amide bonds. The van der Waals surface area contributed by atoms with Crippen molar-refractivity contribution in [3.05, 3.63) is 36.6 Å². The molecule has 0 bridgehead atoms. The Morgan fingerprint density at radius 1 is 0.975 bits per heavy atom. The average Bonchev–Trinajstić information content (AvgIpc) is 3.23. The molecule has 1 rings (SSSR count). The first-order chi connectivity index (χ1) is 18.7. The number of hydrogen-bond donors (Lipinski definition) is 0. The quantitative estimate of drug-likeness (QED) is 0.0390. The molecule has 0 unspecified atom stereocenters. The molecule has 0 heterocycles. The van der Waals surface area contributed by atoms with Crippen LogP contribution in [0.4, 0.5) is 0 Å². The van der Waals surface area contributed by atoms with Gasteiger partial charge in [-0.05, 0) is 61.7 Å². The second-order valence-corrected chi connectivity index (χ2v) is 16.8. The maximum Gasteiger partial charge on any atom is 0.330 e. The van der Waals surface area contributed by atoms with Crippen LogP contribution in [-0.4, -0.2) is 52.3 Å². The monoisotopic (exact) mass is 578 g/mol. The van der Waals surface area contributed by atoms with E-state index in [4.69, 9.17) is 13.9 Å². The molecule has 226 valence electrons. The lowest BCUT2D eigenvalue weighted by Gasteiger charge is -2.42. The SMILES string of the molecule is C=C(/C=C/CC(C[C@@H]1C(=O)CC[C@H]1/C=C/C(=O)OC)(C(=O)OCC)C(=O)OCC)O[Si](C(C)C)(C(C)C)C(C)C. The fourth-order valence-electron chi connectivity index (χ4n) is 6.12. The highest BCUT2D eigenvalue weighted by molar-refractivity contribution is 6.77. The van der Waals surface area contributed by atoms with Crippen molar-refractivity contribution < 1.29 is 37.8 Å². The highest BCUT2D eigenvalue weighted by Crippen LogP contribution is 2.45. The van der Waals surface area contributed by atoms with Crippen LogP contribution in [0.3, 0.4) is 0 Å². The third-order valence-corrected chi connectivity index (χ3v) is 14.1. The molecule has 0 radical (unpaired) electrons. The molecule has 1 saturated carbocycles. The second kappa shape index (κ2) is 15.9. The maximum absolute atomic E-state index is 13.5. The zero-order valence-electron chi connectivity index (χ0n) is 25.9. The smallest absolute Gasteiger partial charge is 0.330 e. The predicted molar refractivity (Wildman–Crippen MR) is 158 cm³/mol. The molecule has 0 aromatic rings. The van der Waals surface area contributed by atoms with Gasteiger partial charge in [-0.15, -0.1) is 0 Å². The van der Waals surface area contributed by atoms with Crippen molar-refractivity contribution in [2.45, 2.75) is 97.7 Å². The lowest BCUT2D eigenvalue weighted by atomic mass is 9.73. The van der Waals surface area contributed by atoms with Gasteiger partial charge in [0.15, 0.2) is 5.41 Å². The lowest BCUT2D eigenvalue weighted by molar-refractivity contribution is -0.173. The van der Waals surface area contributed by atoms with E-state index in [2.05, 4.69) is 52.9 Å². The number of methoxy groups -OCH3 is 1. The summed E-state index contributed by atoms with van der Waals surface area (Å²) in [6.45, 7) is 20.7. The molecule has 1 fully saturated rings. The van der Waals surface area contributed by atoms with Gasteiger partial charge in [-0.1, -0.05) is 60.3 Å². The normalized spacial score (nSPS) is 18.2. The Labute approximate surface area is 241 Å². The van der Waals surface area contributed by atoms with E-state index in [1.54, 1.807) is 32.1 Å². The molecule has 0 saturated heterocycles. The summed E-state index contributed by atoms with van der Waals surface area (Å²) in [5.74, 6) is -2.61. The van der Waals surface area contributed by atoms with Gasteiger partial charge in [0, 0.05) is 18.4 Å². The van der Waals surface area contributed by atoms with Gasteiger partial charge >= 0.3 is 17.9 Å². The second-order valence-electron chi connectivity index (χ2n) is 11.4.